The number of nitrogens with zero attached hydrogens (tertiary/aromatic N) is 6. The van der Waals surface area contributed by atoms with Gasteiger partial charge in [-0.2, -0.15) is 0 Å². The normalized spacial score (nSPS) is 18.6. The summed E-state index contributed by atoms with van der Waals surface area (Å²) in [7, 11) is -10.0. The van der Waals surface area contributed by atoms with Crippen LogP contribution in [0.1, 0.15) is 112 Å². The number of nitrogens with one attached hydrogen (secondary N) is 12. The summed E-state index contributed by atoms with van der Waals surface area (Å²) < 4.78 is 440. The highest BCUT2D eigenvalue weighted by Gasteiger charge is 2.19. The molecule has 0 amide bonds. The van der Waals surface area contributed by atoms with Crippen LogP contribution in [0.15, 0.2) is 146 Å². The number of sulfonamides is 6. The molecule has 6 aromatic carbocycles. The summed E-state index contributed by atoms with van der Waals surface area (Å²) in [5, 5.41) is 3.75. The number of aryl methyl sites for hydroxylation is 3. The third-order valence-corrected chi connectivity index (χ3v) is 24.7. The molecule has 0 unspecified atom stereocenters. The topological polar surface area (TPSA) is 391 Å². The third kappa shape index (κ3) is 31.9. The van der Waals surface area contributed by atoms with E-state index >= 15 is 0 Å². The summed E-state index contributed by atoms with van der Waals surface area (Å²) in [6.07, 6.45) is 9.96. The molecule has 6 aromatic heterocycles. The van der Waals surface area contributed by atoms with E-state index in [0.29, 0.717) is 118 Å². The van der Waals surface area contributed by atoms with Crippen molar-refractivity contribution in [2.24, 2.45) is 0 Å². The van der Waals surface area contributed by atoms with Crippen LogP contribution in [0.2, 0.25) is 8.47 Å². The second-order valence-electron chi connectivity index (χ2n) is 27.7. The monoisotopic (exact) mass is 1810 g/mol. The van der Waals surface area contributed by atoms with Crippen LogP contribution in [0.25, 0.3) is 65.4 Å². The van der Waals surface area contributed by atoms with E-state index in [9.17, 15) is 50.5 Å². The average Bonchev–Trinajstić information content (AvgIpc) is 1.75. The Morgan fingerprint density at radius 3 is 0.808 bits per heavy atom. The van der Waals surface area contributed by atoms with Gasteiger partial charge < -0.3 is 59.3 Å². The van der Waals surface area contributed by atoms with E-state index in [4.69, 9.17) is 53.7 Å². The number of aromatic amines is 6. The maximum absolute atomic E-state index is 12.0. The first-order valence-electron chi connectivity index (χ1n) is 55.3. The molecule has 0 aliphatic carbocycles. The molecule has 12 rings (SSSR count). The number of hydrogen-bond acceptors (Lipinski definition) is 18. The first-order chi connectivity index (χ1) is 71.7. The van der Waals surface area contributed by atoms with Crippen LogP contribution in [0, 0.1) is 0 Å². The van der Waals surface area contributed by atoms with Crippen LogP contribution in [-0.2, 0) is 133 Å². The summed E-state index contributed by atoms with van der Waals surface area (Å²) in [6.45, 7) is -31.1. The molecular weight excluding hydrogens is 1650 g/mol. The molecule has 0 saturated carbocycles. The minimum atomic E-state index is -4.20. The molecule has 6 heterocycles. The molecule has 660 valence electrons. The average molecular weight is 1810 g/mol. The molecule has 0 bridgehead atoms. The van der Waals surface area contributed by atoms with E-state index in [2.05, 4.69) is 19.9 Å². The molecule has 0 radical (unpaired) electrons. The van der Waals surface area contributed by atoms with Gasteiger partial charge in [0.1, 0.15) is 4.24 Å². The molecule has 0 fully saturated rings. The molecule has 12 aromatic rings. The Morgan fingerprint density at radius 1 is 0.300 bits per heavy atom. The Balaban J connectivity index is 0.000000258. The number of rotatable bonds is 36. The molecule has 0 saturated heterocycles. The Hall–Kier alpha value is -8.22. The molecular formula is C84H126N18O12S6. The molecule has 0 aliphatic heterocycles. The van der Waals surface area contributed by atoms with Crippen molar-refractivity contribution in [3.63, 3.8) is 0 Å². The zero-order chi connectivity index (χ0) is 122. The fourth-order valence-corrected chi connectivity index (χ4v) is 16.1. The highest BCUT2D eigenvalue weighted by Crippen LogP contribution is 2.28. The quantitative estimate of drug-likeness (QED) is 0.0177. The van der Waals surface area contributed by atoms with Gasteiger partial charge in [-0.05, 0) is 304 Å². The van der Waals surface area contributed by atoms with Gasteiger partial charge in [0.25, 0.3) is 0 Å². The van der Waals surface area contributed by atoms with Crippen LogP contribution in [-0.4, -0.2) is 275 Å². The minimum absolute atomic E-state index is 0.0493. The summed E-state index contributed by atoms with van der Waals surface area (Å²) in [5.41, 5.74) is 9.95. The predicted octanol–water partition coefficient (Wildman–Crippen LogP) is 7.93. The minimum Gasteiger partial charge on any atom is -0.361 e. The second kappa shape index (κ2) is 45.2. The Morgan fingerprint density at radius 2 is 0.542 bits per heavy atom. The number of hydrogen-bond donors (Lipinski definition) is 12. The lowest BCUT2D eigenvalue weighted by Crippen LogP contribution is -2.20. The fraction of sp³-hybridized carbons (Fsp3) is 0.429. The Kier molecular flexibility index (Phi) is 21.0. The largest absolute Gasteiger partial charge is 0.361 e. The molecule has 12 N–H and O–H groups in total. The molecule has 0 aliphatic rings. The molecule has 36 heteroatoms. The van der Waals surface area contributed by atoms with Gasteiger partial charge >= 0.3 is 0 Å². The molecule has 30 nitrogen and oxygen atoms in total. The van der Waals surface area contributed by atoms with Crippen molar-refractivity contribution in [1.29, 1.82) is 0 Å². The first-order valence-corrected chi connectivity index (χ1v) is 45.9. The zero-order valence-corrected chi connectivity index (χ0v) is 72.1. The van der Waals surface area contributed by atoms with Crippen molar-refractivity contribution in [3.8, 4) is 0 Å². The number of fused-ring (bicyclic) bond motifs is 6. The molecule has 0 spiro atoms. The summed E-state index contributed by atoms with van der Waals surface area (Å²) in [4.78, 5) is 18.1. The maximum Gasteiger partial charge on any atom is 0.215 e. The standard InChI is InChI=1S/6C14H21N3O2S/c6*1-15-20(18,19)10-11-4-5-14-13(8-11)12(9-16-14)6-7-17(2)3/h6*4-5,8-9,15-16H,6-7,10H2,1-3H3/i1D3,2D3,3D3,7D2;1D3,2D3,7D2;2D3,3D3;1D3,7D2;2D3;/hD6. The van der Waals surface area contributed by atoms with Gasteiger partial charge in [0.15, 0.2) is 4.24 Å². The van der Waals surface area contributed by atoms with Gasteiger partial charge in [0.2, 0.25) is 60.1 Å². The van der Waals surface area contributed by atoms with Gasteiger partial charge in [-0.25, -0.2) is 78.8 Å². The van der Waals surface area contributed by atoms with Crippen LogP contribution in [0.4, 0.5) is 0 Å². The van der Waals surface area contributed by atoms with Crippen molar-refractivity contribution >= 4 is 126 Å². The van der Waals surface area contributed by atoms with Crippen molar-refractivity contribution in [2.75, 3.05) is 165 Å². The summed E-state index contributed by atoms with van der Waals surface area (Å²) in [6, 6.07) is 28.8. The number of likely N-dealkylation sites (N-methyl/N-ethyl adjacent to an activating group) is 6. The van der Waals surface area contributed by atoms with E-state index in [1.54, 1.807) is 114 Å². The van der Waals surface area contributed by atoms with Gasteiger partial charge in [-0.1, -0.05) is 36.4 Å². The van der Waals surface area contributed by atoms with E-state index in [0.717, 1.165) is 65.1 Å². The highest BCUT2D eigenvalue weighted by molar-refractivity contribution is 7.90. The Bertz CT molecular complexity index is 7730. The van der Waals surface area contributed by atoms with E-state index < -0.39 is 172 Å². The number of H-pyrrole nitrogens is 6. The predicted molar refractivity (Wildman–Crippen MR) is 493 cm³/mol. The van der Waals surface area contributed by atoms with Crippen LogP contribution >= 0.6 is 0 Å². The van der Waals surface area contributed by atoms with E-state index in [1.165, 1.54) is 95.9 Å². The van der Waals surface area contributed by atoms with Crippen LogP contribution < -0.4 is 28.3 Å². The SMILES string of the molecule is [2H]C([2H])([2H])NS(=O)(=O)Cc1ccc2[nH]cc(CC([2H])([2H])N(C([2H])([2H])[2H])C([2H])([2H])[2H])c2c1.[2H]C([2H])([2H])NS(=O)(=O)Cc1ccc2[nH]cc(CC([2H])([2H])N(C)C([2H])([2H])[2H])c2c1.[2H]C([2H])([2H])NS(=O)(=O)Cc1ccc2[nH]cc(CC([2H])([2H])N(C)C)c2c1.[2H]N(C)S(=O)(=O)Cc1ccc2c(c1)c(CCN(C([2H])([2H])[2H])C([2H])([2H])[2H])cn2[2H].[2H]N(C)S(=O)(=O)Cc1ccc2c(c1)c(CCN(C)C([2H])([2H])[2H])cn2[2H].[2H]N(C)S(=O)(=O)Cc1ccc2c(c1)c(CCN(C)C)cn2[2H]. The lowest BCUT2D eigenvalue weighted by Gasteiger charge is -2.08. The van der Waals surface area contributed by atoms with E-state index in [1.807, 2.05) is 20.2 Å². The van der Waals surface area contributed by atoms with Crippen molar-refractivity contribution < 1.29 is 104 Å². The van der Waals surface area contributed by atoms with Crippen LogP contribution in [0.5, 0.6) is 0 Å². The van der Waals surface area contributed by atoms with E-state index in [-0.39, 0.29) is 59.9 Å². The lowest BCUT2D eigenvalue weighted by molar-refractivity contribution is 0.414. The molecule has 0 atom stereocenters. The Labute approximate surface area is 766 Å². The fourth-order valence-electron chi connectivity index (χ4n) is 11.8. The van der Waals surface area contributed by atoms with Gasteiger partial charge in [0.05, 0.1) is 34.5 Å². The highest BCUT2D eigenvalue weighted by atomic mass is 32.2. The summed E-state index contributed by atoms with van der Waals surface area (Å²) >= 11 is 0. The lowest BCUT2D eigenvalue weighted by atomic mass is 10.1. The zero-order valence-electron chi connectivity index (χ0n) is 106. The smallest absolute Gasteiger partial charge is 0.215 e. The van der Waals surface area contributed by atoms with Gasteiger partial charge in [-0.15, -0.1) is 0 Å². The third-order valence-electron chi connectivity index (χ3n) is 17.9. The van der Waals surface area contributed by atoms with Gasteiger partial charge in [-0.3, -0.25) is 0 Å². The molecule has 120 heavy (non-hydrogen) atoms. The van der Waals surface area contributed by atoms with Crippen molar-refractivity contribution in [3.05, 3.63) is 213 Å². The number of aromatic nitrogens is 6. The maximum atomic E-state index is 12.0. The van der Waals surface area contributed by atoms with Crippen LogP contribution in [0.3, 0.4) is 0 Å². The van der Waals surface area contributed by atoms with Crippen molar-refractivity contribution in [2.45, 2.75) is 73.0 Å². The second-order valence-corrected chi connectivity index (χ2v) is 38.3. The van der Waals surface area contributed by atoms with Gasteiger partial charge in [0, 0.05) is 187 Å². The van der Waals surface area contributed by atoms with Crippen molar-refractivity contribution in [1.82, 2.24) is 87.6 Å². The summed E-state index contributed by atoms with van der Waals surface area (Å²) in [5.74, 6) is -2.60. The number of benzene rings is 6. The first kappa shape index (κ1) is 55.8.